The molecule has 4 N–H and O–H groups in total. The second kappa shape index (κ2) is 9.65. The summed E-state index contributed by atoms with van der Waals surface area (Å²) >= 11 is 0. The number of benzene rings is 1. The van der Waals surface area contributed by atoms with Gasteiger partial charge < -0.3 is 10.6 Å². The predicted octanol–water partition coefficient (Wildman–Crippen LogP) is 0.186. The van der Waals surface area contributed by atoms with Crippen LogP contribution in [0.5, 0.6) is 0 Å². The first kappa shape index (κ1) is 22.1. The van der Waals surface area contributed by atoms with E-state index in [1.54, 1.807) is 45.0 Å². The molecular weight excluding hydrogens is 356 g/mol. The maximum absolute atomic E-state index is 12.5. The minimum atomic E-state index is -3.48. The van der Waals surface area contributed by atoms with E-state index in [0.717, 1.165) is 5.56 Å². The number of nitrogens with one attached hydrogen (secondary N) is 2. The van der Waals surface area contributed by atoms with Crippen LogP contribution < -0.4 is 16.0 Å². The molecule has 2 atom stereocenters. The van der Waals surface area contributed by atoms with Gasteiger partial charge >= 0.3 is 6.03 Å². The van der Waals surface area contributed by atoms with Gasteiger partial charge in [0, 0.05) is 25.7 Å². The average molecular weight is 386 g/mol. The molecule has 0 bridgehead atoms. The third-order valence-electron chi connectivity index (χ3n) is 4.20. The number of rotatable bonds is 8. The van der Waals surface area contributed by atoms with Crippen molar-refractivity contribution in [2.75, 3.05) is 20.1 Å². The van der Waals surface area contributed by atoms with Crippen LogP contribution in [0.15, 0.2) is 29.2 Å². The van der Waals surface area contributed by atoms with Gasteiger partial charge in [-0.1, -0.05) is 26.0 Å². The number of nitrogens with two attached hydrogens (primary N) is 1. The Morgan fingerprint density at radius 2 is 1.65 bits per heavy atom. The highest BCUT2D eigenvalue weighted by Crippen LogP contribution is 2.18. The molecule has 0 spiro atoms. The van der Waals surface area contributed by atoms with Crippen LogP contribution in [0.2, 0.25) is 0 Å². The second-order valence-electron chi connectivity index (χ2n) is 6.00. The van der Waals surface area contributed by atoms with E-state index in [0.29, 0.717) is 13.1 Å². The fraction of sp³-hybridized carbons (Fsp3) is 0.529. The summed E-state index contributed by atoms with van der Waals surface area (Å²) in [5.41, 5.74) is 0.892. The molecule has 0 aromatic heterocycles. The molecule has 0 saturated heterocycles. The number of quaternary nitrogens is 1. The van der Waals surface area contributed by atoms with E-state index >= 15 is 0 Å². The van der Waals surface area contributed by atoms with Gasteiger partial charge in [-0.25, -0.2) is 13.2 Å². The van der Waals surface area contributed by atoms with E-state index in [9.17, 15) is 18.0 Å². The van der Waals surface area contributed by atoms with Crippen molar-refractivity contribution in [2.24, 2.45) is 0 Å². The van der Waals surface area contributed by atoms with Crippen molar-refractivity contribution in [3.63, 3.8) is 0 Å². The zero-order valence-corrected chi connectivity index (χ0v) is 16.8. The lowest BCUT2D eigenvalue weighted by Gasteiger charge is -2.19. The van der Waals surface area contributed by atoms with E-state index in [4.69, 9.17) is 0 Å². The number of carbonyl (C=O) groups excluding carboxylic acids is 2. The molecule has 26 heavy (non-hydrogen) atoms. The van der Waals surface area contributed by atoms with Crippen molar-refractivity contribution in [3.8, 4) is 0 Å². The first-order valence-corrected chi connectivity index (χ1v) is 10.1. The van der Waals surface area contributed by atoms with E-state index < -0.39 is 28.0 Å². The number of hydrogen-bond donors (Lipinski definition) is 3. The van der Waals surface area contributed by atoms with Crippen molar-refractivity contribution >= 4 is 22.0 Å². The van der Waals surface area contributed by atoms with E-state index in [1.165, 1.54) is 11.4 Å². The van der Waals surface area contributed by atoms with Gasteiger partial charge in [-0.3, -0.25) is 10.1 Å². The van der Waals surface area contributed by atoms with Crippen LogP contribution in [0.3, 0.4) is 0 Å². The van der Waals surface area contributed by atoms with Crippen molar-refractivity contribution in [1.29, 1.82) is 0 Å². The third-order valence-corrected chi connectivity index (χ3v) is 6.27. The predicted molar refractivity (Wildman–Crippen MR) is 98.9 cm³/mol. The molecule has 8 nitrogen and oxygen atoms in total. The standard InChI is InChI=1S/C17H28N4O4S/c1-6-21(7-2)26(24,25)15-10-8-14(9-11-15)12(3)19-13(4)16(22)20-17(23)18-5/h8-13,19H,6-7H2,1-5H3,(H2,18,20,22,23)/p+1/t12-,13-/m1/s1. The van der Waals surface area contributed by atoms with Crippen LogP contribution in [0.4, 0.5) is 4.79 Å². The molecule has 3 amide bonds. The van der Waals surface area contributed by atoms with E-state index in [2.05, 4.69) is 10.6 Å². The van der Waals surface area contributed by atoms with Crippen molar-refractivity contribution in [2.45, 2.75) is 44.7 Å². The lowest BCUT2D eigenvalue weighted by atomic mass is 10.1. The Morgan fingerprint density at radius 1 is 1.12 bits per heavy atom. The number of imide groups is 1. The van der Waals surface area contributed by atoms with Crippen molar-refractivity contribution in [3.05, 3.63) is 29.8 Å². The SMILES string of the molecule is CCN(CC)S(=O)(=O)c1ccc([C@@H](C)[NH2+][C@H](C)C(=O)NC(=O)NC)cc1. The molecule has 0 fully saturated rings. The number of urea groups is 1. The lowest BCUT2D eigenvalue weighted by Crippen LogP contribution is -2.92. The zero-order valence-electron chi connectivity index (χ0n) is 15.9. The molecule has 0 saturated carbocycles. The molecule has 1 aromatic carbocycles. The Kier molecular flexibility index (Phi) is 8.19. The summed E-state index contributed by atoms with van der Waals surface area (Å²) in [7, 11) is -2.04. The van der Waals surface area contributed by atoms with Gasteiger partial charge in [0.1, 0.15) is 6.04 Å². The minimum absolute atomic E-state index is 0.0781. The Labute approximate surface area is 155 Å². The summed E-state index contributed by atoms with van der Waals surface area (Å²) in [6.45, 7) is 8.06. The molecule has 1 aromatic rings. The number of sulfonamides is 1. The molecule has 9 heteroatoms. The highest BCUT2D eigenvalue weighted by atomic mass is 32.2. The Morgan fingerprint density at radius 3 is 2.12 bits per heavy atom. The highest BCUT2D eigenvalue weighted by molar-refractivity contribution is 7.89. The van der Waals surface area contributed by atoms with Crippen LogP contribution in [-0.2, 0) is 14.8 Å². The third kappa shape index (κ3) is 5.52. The normalized spacial score (nSPS) is 13.9. The molecule has 0 aliphatic heterocycles. The molecule has 0 heterocycles. The van der Waals surface area contributed by atoms with Gasteiger partial charge in [0.05, 0.1) is 4.90 Å². The Bertz CT molecular complexity index is 715. The van der Waals surface area contributed by atoms with Crippen LogP contribution in [0.25, 0.3) is 0 Å². The maximum atomic E-state index is 12.5. The summed E-state index contributed by atoms with van der Waals surface area (Å²) in [5, 5.41) is 6.38. The monoisotopic (exact) mass is 385 g/mol. The Hall–Kier alpha value is -1.97. The summed E-state index contributed by atoms with van der Waals surface area (Å²) < 4.78 is 26.4. The largest absolute Gasteiger partial charge is 0.341 e. The maximum Gasteiger partial charge on any atom is 0.321 e. The zero-order chi connectivity index (χ0) is 19.9. The summed E-state index contributed by atoms with van der Waals surface area (Å²) in [4.78, 5) is 23.4. The number of amides is 3. The molecule has 0 aliphatic carbocycles. The Balaban J connectivity index is 2.82. The molecule has 146 valence electrons. The van der Waals surface area contributed by atoms with Gasteiger partial charge in [0.25, 0.3) is 5.91 Å². The lowest BCUT2D eigenvalue weighted by molar-refractivity contribution is -0.710. The highest BCUT2D eigenvalue weighted by Gasteiger charge is 2.24. The number of hydrogen-bond acceptors (Lipinski definition) is 4. The summed E-state index contributed by atoms with van der Waals surface area (Å²) in [6.07, 6.45) is 0. The molecular formula is C17H29N4O4S+. The average Bonchev–Trinajstić information content (AvgIpc) is 2.62. The van der Waals surface area contributed by atoms with Crippen LogP contribution in [0.1, 0.15) is 39.3 Å². The fourth-order valence-corrected chi connectivity index (χ4v) is 4.03. The van der Waals surface area contributed by atoms with Crippen LogP contribution in [-0.4, -0.2) is 50.8 Å². The first-order chi connectivity index (χ1) is 12.2. The first-order valence-electron chi connectivity index (χ1n) is 8.65. The quantitative estimate of drug-likeness (QED) is 0.593. The van der Waals surface area contributed by atoms with Gasteiger partial charge in [-0.15, -0.1) is 0 Å². The minimum Gasteiger partial charge on any atom is -0.341 e. The summed E-state index contributed by atoms with van der Waals surface area (Å²) in [6, 6.07) is 5.58. The van der Waals surface area contributed by atoms with Gasteiger partial charge in [-0.2, -0.15) is 4.31 Å². The van der Waals surface area contributed by atoms with Gasteiger partial charge in [0.15, 0.2) is 6.04 Å². The smallest absolute Gasteiger partial charge is 0.321 e. The molecule has 0 radical (unpaired) electrons. The molecule has 1 rings (SSSR count). The summed E-state index contributed by atoms with van der Waals surface area (Å²) in [5.74, 6) is -0.392. The fourth-order valence-electron chi connectivity index (χ4n) is 2.58. The van der Waals surface area contributed by atoms with Gasteiger partial charge in [-0.05, 0) is 26.0 Å². The van der Waals surface area contributed by atoms with Crippen LogP contribution in [0, 0.1) is 0 Å². The topological polar surface area (TPSA) is 112 Å². The van der Waals surface area contributed by atoms with Gasteiger partial charge in [0.2, 0.25) is 10.0 Å². The van der Waals surface area contributed by atoms with Crippen molar-refractivity contribution < 1.29 is 23.3 Å². The molecule has 0 aliphatic rings. The van der Waals surface area contributed by atoms with Crippen molar-refractivity contribution in [1.82, 2.24) is 14.9 Å². The van der Waals surface area contributed by atoms with E-state index in [-0.39, 0.29) is 10.9 Å². The number of carbonyl (C=O) groups is 2. The number of nitrogens with zero attached hydrogens (tertiary/aromatic N) is 1. The van der Waals surface area contributed by atoms with E-state index in [1.807, 2.05) is 12.2 Å². The second-order valence-corrected chi connectivity index (χ2v) is 7.93. The van der Waals surface area contributed by atoms with Crippen LogP contribution >= 0.6 is 0 Å². The molecule has 0 unspecified atom stereocenters.